The smallest absolute Gasteiger partial charge is 0.235 e. The van der Waals surface area contributed by atoms with E-state index in [1.165, 1.54) is 104 Å². The second-order valence-electron chi connectivity index (χ2n) is 34.2. The normalized spacial score (nSPS) is 13.3. The van der Waals surface area contributed by atoms with Crippen molar-refractivity contribution in [3.05, 3.63) is 392 Å². The maximum Gasteiger partial charge on any atom is 0.235 e. The van der Waals surface area contributed by atoms with Crippen LogP contribution in [0.1, 0.15) is 40.7 Å². The van der Waals surface area contributed by atoms with Gasteiger partial charge in [0.1, 0.15) is 23.0 Å². The lowest BCUT2D eigenvalue weighted by Gasteiger charge is -2.26. The van der Waals surface area contributed by atoms with Crippen LogP contribution in [0.5, 0.6) is 23.0 Å². The minimum Gasteiger partial charge on any atom is -0.456 e. The monoisotopic (exact) mass is 1610 g/mol. The van der Waals surface area contributed by atoms with E-state index in [0.717, 1.165) is 187 Å². The number of allylic oxidation sites excluding steroid dienone is 2. The van der Waals surface area contributed by atoms with Crippen molar-refractivity contribution in [3.8, 4) is 108 Å². The minimum absolute atomic E-state index is 0.595. The Labute approximate surface area is 722 Å². The molecule has 18 aromatic carbocycles. The Morgan fingerprint density at radius 3 is 1.38 bits per heavy atom. The van der Waals surface area contributed by atoms with Gasteiger partial charge in [-0.3, -0.25) is 9.13 Å². The maximum atomic E-state index is 7.10. The van der Waals surface area contributed by atoms with E-state index in [4.69, 9.17) is 29.4 Å². The highest BCUT2D eigenvalue weighted by Gasteiger charge is 2.32. The Bertz CT molecular complexity index is 9050. The van der Waals surface area contributed by atoms with Crippen molar-refractivity contribution in [2.24, 2.45) is 0 Å². The lowest BCUT2D eigenvalue weighted by atomic mass is 9.83. The Hall–Kier alpha value is -16.6. The predicted octanol–water partition coefficient (Wildman–Crippen LogP) is 29.9. The molecule has 0 N–H and O–H groups in total. The van der Waals surface area contributed by atoms with E-state index in [9.17, 15) is 0 Å². The van der Waals surface area contributed by atoms with Gasteiger partial charge in [-0.1, -0.05) is 243 Å². The molecule has 4 aliphatic rings. The molecule has 0 bridgehead atoms. The van der Waals surface area contributed by atoms with E-state index in [0.29, 0.717) is 11.9 Å². The molecule has 2 aliphatic heterocycles. The van der Waals surface area contributed by atoms with Crippen LogP contribution in [-0.4, -0.2) is 38.2 Å². The number of nitrogens with zero attached hydrogens (tertiary/aromatic N) is 8. The van der Waals surface area contributed by atoms with Gasteiger partial charge in [-0.15, -0.1) is 0 Å². The second-order valence-corrected chi connectivity index (χ2v) is 34.2. The third kappa shape index (κ3) is 10.3. The third-order valence-electron chi connectivity index (χ3n) is 27.3. The SMILES string of the molecule is C1=C(c2cc3c4c(nc(-n5c6ccccc6c6ccc(-c7ccc8c(c7)c7cc9ccccc9cc7n8C7=Cc8ccc(-c9ccccc9)cc8CC7)cc65)nc4c2)-c2ccccc2O3)CCc2c(-n3c4ccc(-c5ccc6c7ccccc7n(-c7nc8c9c(cccc9n7)Oc7ccccc7-8)c6c5)cc4c4cc5ccccc5cc43)ccc(-c3ccccc3)c21. The molecule has 2 aliphatic carbocycles. The van der Waals surface area contributed by atoms with Crippen LogP contribution in [0.4, 0.5) is 0 Å². The highest BCUT2D eigenvalue weighted by Crippen LogP contribution is 2.53. The molecule has 24 aromatic rings. The van der Waals surface area contributed by atoms with Gasteiger partial charge in [0.05, 0.1) is 83.0 Å². The van der Waals surface area contributed by atoms with Gasteiger partial charge in [0.25, 0.3) is 0 Å². The first-order valence-electron chi connectivity index (χ1n) is 43.5. The van der Waals surface area contributed by atoms with Crippen LogP contribution in [0.3, 0.4) is 0 Å². The van der Waals surface area contributed by atoms with Crippen LogP contribution in [0, 0.1) is 0 Å². The molecule has 0 saturated carbocycles. The molecule has 8 heterocycles. The largest absolute Gasteiger partial charge is 0.456 e. The van der Waals surface area contributed by atoms with E-state index >= 15 is 0 Å². The molecule has 0 unspecified atom stereocenters. The standard InChI is InChI=1S/C116H70N8O2/c1-3-20-67(21-4-1)73-38-39-75-55-82(46-40-74(75)54-73)121-101-51-44-76(59-92(101)94-57-69-24-7-9-26-71(69)62-105(94)121)79-42-48-87-85-29-12-16-34-99(85)124(104(87)65-79)116-118-97-61-81(66-110-112(97)114(120-116)90-31-14-18-36-108(90)126-110)78-41-49-88-91(56-78)83(68-22-5-2-6-23-68)50-53-100(88)122-102-52-45-77(60-93(102)95-58-70-25-8-10-27-72(70)63-106(95)122)80-43-47-86-84-28-11-15-33-98(84)123(103(86)64-80)115-117-96-32-19-37-109-111(96)113(119-115)89-30-13-17-35-107(89)125-109/h1-39,42-45,47-48,50-66H,40-41,46,49H2. The van der Waals surface area contributed by atoms with Gasteiger partial charge >= 0.3 is 0 Å². The van der Waals surface area contributed by atoms with Gasteiger partial charge in [0.15, 0.2) is 0 Å². The zero-order valence-corrected chi connectivity index (χ0v) is 68.0. The molecule has 586 valence electrons. The van der Waals surface area contributed by atoms with Gasteiger partial charge < -0.3 is 18.6 Å². The number of para-hydroxylation sites is 4. The lowest BCUT2D eigenvalue weighted by molar-refractivity contribution is 0.486. The summed E-state index contributed by atoms with van der Waals surface area (Å²) in [5.41, 5.74) is 33.2. The average Bonchev–Trinajstić information content (AvgIpc) is 1.48. The van der Waals surface area contributed by atoms with E-state index in [1.54, 1.807) is 0 Å². The summed E-state index contributed by atoms with van der Waals surface area (Å²) in [4.78, 5) is 22.3. The molecule has 28 rings (SSSR count). The van der Waals surface area contributed by atoms with Gasteiger partial charge in [0.2, 0.25) is 11.9 Å². The number of aryl methyl sites for hydroxylation is 1. The Morgan fingerprint density at radius 1 is 0.246 bits per heavy atom. The summed E-state index contributed by atoms with van der Waals surface area (Å²) < 4.78 is 23.2. The Kier molecular flexibility index (Phi) is 14.5. The summed E-state index contributed by atoms with van der Waals surface area (Å²) in [5, 5.41) is 16.0. The van der Waals surface area contributed by atoms with Gasteiger partial charge in [0, 0.05) is 59.9 Å². The predicted molar refractivity (Wildman–Crippen MR) is 518 cm³/mol. The van der Waals surface area contributed by atoms with Crippen molar-refractivity contribution >= 4 is 154 Å². The second kappa shape index (κ2) is 26.5. The molecule has 0 spiro atoms. The van der Waals surface area contributed by atoms with Crippen LogP contribution < -0.4 is 9.47 Å². The van der Waals surface area contributed by atoms with Crippen LogP contribution in [0.15, 0.2) is 364 Å². The number of aromatic nitrogens is 8. The fourth-order valence-corrected chi connectivity index (χ4v) is 21.5. The summed E-state index contributed by atoms with van der Waals surface area (Å²) in [6, 6.07) is 133. The topological polar surface area (TPSA) is 89.7 Å². The molecule has 0 fully saturated rings. The fourth-order valence-electron chi connectivity index (χ4n) is 21.5. The first-order valence-corrected chi connectivity index (χ1v) is 43.5. The van der Waals surface area contributed by atoms with Crippen molar-refractivity contribution in [2.75, 3.05) is 0 Å². The number of benzene rings is 18. The number of hydrogen-bond acceptors (Lipinski definition) is 6. The number of fused-ring (bicyclic) bond motifs is 20. The lowest BCUT2D eigenvalue weighted by Crippen LogP contribution is -2.09. The molecular weight excluding hydrogens is 1540 g/mol. The van der Waals surface area contributed by atoms with Crippen LogP contribution in [0.2, 0.25) is 0 Å². The molecule has 6 aromatic heterocycles. The maximum absolute atomic E-state index is 7.10. The van der Waals surface area contributed by atoms with Crippen molar-refractivity contribution in [3.63, 3.8) is 0 Å². The molecule has 10 heteroatoms. The highest BCUT2D eigenvalue weighted by molar-refractivity contribution is 6.19. The van der Waals surface area contributed by atoms with Crippen molar-refractivity contribution in [2.45, 2.75) is 25.7 Å². The molecular formula is C116H70N8O2. The van der Waals surface area contributed by atoms with Gasteiger partial charge in [-0.05, 0) is 259 Å². The summed E-state index contributed by atoms with van der Waals surface area (Å²) in [6.07, 6.45) is 8.33. The van der Waals surface area contributed by atoms with Crippen LogP contribution in [0.25, 0.3) is 239 Å². The molecule has 0 amide bonds. The summed E-state index contributed by atoms with van der Waals surface area (Å²) in [5.74, 6) is 4.25. The molecule has 126 heavy (non-hydrogen) atoms. The minimum atomic E-state index is 0.595. The van der Waals surface area contributed by atoms with Gasteiger partial charge in [-0.25, -0.2) is 19.9 Å². The van der Waals surface area contributed by atoms with Crippen LogP contribution >= 0.6 is 0 Å². The molecule has 0 saturated heterocycles. The quantitative estimate of drug-likeness (QED) is 0.143. The van der Waals surface area contributed by atoms with Crippen molar-refractivity contribution < 1.29 is 9.47 Å². The third-order valence-corrected chi connectivity index (χ3v) is 27.3. The van der Waals surface area contributed by atoms with Crippen LogP contribution in [-0.2, 0) is 12.8 Å². The fraction of sp³-hybridized carbons (Fsp3) is 0.0345. The summed E-state index contributed by atoms with van der Waals surface area (Å²) >= 11 is 0. The number of rotatable bonds is 9. The van der Waals surface area contributed by atoms with E-state index in [-0.39, 0.29) is 0 Å². The zero-order chi connectivity index (χ0) is 82.1. The van der Waals surface area contributed by atoms with E-state index in [2.05, 4.69) is 364 Å². The van der Waals surface area contributed by atoms with E-state index < -0.39 is 0 Å². The molecule has 0 radical (unpaired) electrons. The Morgan fingerprint density at radius 2 is 0.730 bits per heavy atom. The average molecular weight is 1610 g/mol. The first kappa shape index (κ1) is 69.1. The zero-order valence-electron chi connectivity index (χ0n) is 68.0. The van der Waals surface area contributed by atoms with E-state index in [1.807, 2.05) is 30.3 Å². The number of hydrogen-bond donors (Lipinski definition) is 0. The first-order chi connectivity index (χ1) is 62.4. The number of ether oxygens (including phenoxy) is 2. The molecule has 0 atom stereocenters. The van der Waals surface area contributed by atoms with Crippen molar-refractivity contribution in [1.82, 2.24) is 38.2 Å². The highest BCUT2D eigenvalue weighted by atomic mass is 16.5. The Balaban J connectivity index is 0.584. The summed E-state index contributed by atoms with van der Waals surface area (Å²) in [6.45, 7) is 0. The summed E-state index contributed by atoms with van der Waals surface area (Å²) in [7, 11) is 0. The van der Waals surface area contributed by atoms with Crippen molar-refractivity contribution in [1.29, 1.82) is 0 Å². The molecule has 10 nitrogen and oxygen atoms in total. The van der Waals surface area contributed by atoms with Gasteiger partial charge in [-0.2, -0.15) is 0 Å².